The van der Waals surface area contributed by atoms with Gasteiger partial charge in [-0.1, -0.05) is 15.9 Å². The van der Waals surface area contributed by atoms with E-state index in [1.165, 1.54) is 12.1 Å². The zero-order valence-electron chi connectivity index (χ0n) is 13.8. The van der Waals surface area contributed by atoms with E-state index in [1.54, 1.807) is 23.9 Å². The van der Waals surface area contributed by atoms with Crippen LogP contribution in [-0.4, -0.2) is 38.6 Å². The molecular formula is C18H17BrN3O3S+. The van der Waals surface area contributed by atoms with Gasteiger partial charge in [0.25, 0.3) is 11.4 Å². The van der Waals surface area contributed by atoms with Gasteiger partial charge in [-0.2, -0.15) is 0 Å². The highest BCUT2D eigenvalue weighted by atomic mass is 79.9. The lowest BCUT2D eigenvalue weighted by Crippen LogP contribution is -2.41. The Morgan fingerprint density at radius 3 is 2.54 bits per heavy atom. The van der Waals surface area contributed by atoms with Crippen LogP contribution >= 0.6 is 27.7 Å². The maximum absolute atomic E-state index is 11.5. The monoisotopic (exact) mass is 434 g/mol. The highest BCUT2D eigenvalue weighted by Crippen LogP contribution is 2.38. The first kappa shape index (κ1) is 17.5. The smallest absolute Gasteiger partial charge is 0.316 e. The SMILES string of the molecule is O=[N+]([O-])c1ccc(C2(O)CN(c3ccc(Br)cc3)C3=[N+]2CCCS3)cc1. The molecule has 2 aliphatic heterocycles. The van der Waals surface area contributed by atoms with Crippen molar-refractivity contribution in [2.24, 2.45) is 0 Å². The lowest BCUT2D eigenvalue weighted by atomic mass is 10.0. The van der Waals surface area contributed by atoms with Crippen LogP contribution in [-0.2, 0) is 5.72 Å². The topological polar surface area (TPSA) is 69.6 Å². The number of nitrogens with zero attached hydrogens (tertiary/aromatic N) is 3. The first-order chi connectivity index (χ1) is 12.5. The molecule has 6 nitrogen and oxygen atoms in total. The van der Waals surface area contributed by atoms with Crippen molar-refractivity contribution in [2.75, 3.05) is 23.7 Å². The van der Waals surface area contributed by atoms with Gasteiger partial charge >= 0.3 is 5.17 Å². The normalized spacial score (nSPS) is 22.5. The van der Waals surface area contributed by atoms with E-state index in [0.29, 0.717) is 12.1 Å². The Bertz CT molecular complexity index is 886. The molecule has 2 aromatic carbocycles. The zero-order valence-corrected chi connectivity index (χ0v) is 16.2. The van der Waals surface area contributed by atoms with Crippen molar-refractivity contribution in [2.45, 2.75) is 12.1 Å². The second-order valence-electron chi connectivity index (χ2n) is 6.32. The number of hydrogen-bond donors (Lipinski definition) is 1. The van der Waals surface area contributed by atoms with Gasteiger partial charge in [0.1, 0.15) is 5.69 Å². The Morgan fingerprint density at radius 1 is 1.19 bits per heavy atom. The molecule has 1 unspecified atom stereocenters. The molecule has 2 aromatic rings. The van der Waals surface area contributed by atoms with Crippen molar-refractivity contribution in [1.82, 2.24) is 0 Å². The van der Waals surface area contributed by atoms with Crippen LogP contribution in [0.25, 0.3) is 0 Å². The molecule has 0 amide bonds. The number of rotatable bonds is 3. The van der Waals surface area contributed by atoms with E-state index >= 15 is 0 Å². The van der Waals surface area contributed by atoms with Gasteiger partial charge in [-0.05, 0) is 54.6 Å². The third-order valence-electron chi connectivity index (χ3n) is 4.72. The summed E-state index contributed by atoms with van der Waals surface area (Å²) in [6, 6.07) is 14.2. The molecule has 26 heavy (non-hydrogen) atoms. The first-order valence-electron chi connectivity index (χ1n) is 8.27. The van der Waals surface area contributed by atoms with Gasteiger partial charge in [-0.15, -0.1) is 0 Å². The van der Waals surface area contributed by atoms with Crippen molar-refractivity contribution < 1.29 is 14.6 Å². The average molecular weight is 435 g/mol. The summed E-state index contributed by atoms with van der Waals surface area (Å²) in [6.07, 6.45) is 0.984. The highest BCUT2D eigenvalue weighted by Gasteiger charge is 2.53. The van der Waals surface area contributed by atoms with Crippen LogP contribution in [0.2, 0.25) is 0 Å². The lowest BCUT2D eigenvalue weighted by Gasteiger charge is -2.24. The second-order valence-corrected chi connectivity index (χ2v) is 8.30. The summed E-state index contributed by atoms with van der Waals surface area (Å²) in [5, 5.41) is 23.5. The minimum absolute atomic E-state index is 0.0253. The molecule has 0 radical (unpaired) electrons. The Balaban J connectivity index is 1.75. The van der Waals surface area contributed by atoms with Crippen molar-refractivity contribution >= 4 is 44.2 Å². The molecule has 1 atom stereocenters. The fourth-order valence-corrected chi connectivity index (χ4v) is 4.86. The summed E-state index contributed by atoms with van der Waals surface area (Å²) >= 11 is 5.19. The van der Waals surface area contributed by atoms with Crippen molar-refractivity contribution in [3.05, 3.63) is 68.7 Å². The molecule has 0 saturated heterocycles. The van der Waals surface area contributed by atoms with E-state index in [9.17, 15) is 15.2 Å². The molecule has 1 N–H and O–H groups in total. The number of amidine groups is 1. The highest BCUT2D eigenvalue weighted by molar-refractivity contribution is 9.10. The number of thioether (sulfide) groups is 1. The van der Waals surface area contributed by atoms with Crippen LogP contribution in [0.3, 0.4) is 0 Å². The average Bonchev–Trinajstić information content (AvgIpc) is 2.97. The fraction of sp³-hybridized carbons (Fsp3) is 0.278. The second kappa shape index (κ2) is 6.68. The number of non-ortho nitro benzene ring substituents is 1. The Hall–Kier alpha value is -1.90. The van der Waals surface area contributed by atoms with Gasteiger partial charge in [0.2, 0.25) is 0 Å². The van der Waals surface area contributed by atoms with Gasteiger partial charge in [0.05, 0.1) is 11.5 Å². The van der Waals surface area contributed by atoms with Crippen LogP contribution < -0.4 is 4.90 Å². The number of nitro groups is 1. The van der Waals surface area contributed by atoms with E-state index in [-0.39, 0.29) is 5.69 Å². The first-order valence-corrected chi connectivity index (χ1v) is 10.0. The van der Waals surface area contributed by atoms with Crippen LogP contribution in [0, 0.1) is 10.1 Å². The molecule has 8 heteroatoms. The number of aliphatic hydroxyl groups is 1. The van der Waals surface area contributed by atoms with Crippen LogP contribution in [0.1, 0.15) is 12.0 Å². The summed E-state index contributed by atoms with van der Waals surface area (Å²) in [6.45, 7) is 1.14. The molecule has 2 aliphatic rings. The molecule has 0 spiro atoms. The number of β-amino-alcohol motifs (C(OH)–C–C–N with tert-alkyl or cyclic N) is 1. The minimum atomic E-state index is -1.20. The molecular weight excluding hydrogens is 418 g/mol. The summed E-state index contributed by atoms with van der Waals surface area (Å²) in [5.74, 6) is 1.01. The van der Waals surface area contributed by atoms with Crippen LogP contribution in [0.5, 0.6) is 0 Å². The van der Waals surface area contributed by atoms with Gasteiger partial charge < -0.3 is 5.11 Å². The standard InChI is InChI=1S/C18H17BrN3O3S/c19-14-4-8-15(9-5-14)20-12-18(23,21-10-1-11-26-17(20)21)13-2-6-16(7-3-13)22(24)25/h2-9,23H,1,10-12H2/q+1. The van der Waals surface area contributed by atoms with E-state index in [4.69, 9.17) is 0 Å². The predicted octanol–water partition coefficient (Wildman–Crippen LogP) is 3.53. The Kier molecular flexibility index (Phi) is 4.50. The van der Waals surface area contributed by atoms with Gasteiger partial charge in [-0.25, -0.2) is 9.48 Å². The maximum Gasteiger partial charge on any atom is 0.316 e. The van der Waals surface area contributed by atoms with Gasteiger partial charge in [-0.3, -0.25) is 10.1 Å². The van der Waals surface area contributed by atoms with Gasteiger partial charge in [0, 0.05) is 27.9 Å². The van der Waals surface area contributed by atoms with Crippen LogP contribution in [0.15, 0.2) is 53.0 Å². The quantitative estimate of drug-likeness (QED) is 0.454. The summed E-state index contributed by atoms with van der Waals surface area (Å²) in [7, 11) is 0. The number of benzene rings is 2. The Labute approximate surface area is 163 Å². The number of halogens is 1. The number of anilines is 1. The summed E-state index contributed by atoms with van der Waals surface area (Å²) in [5.41, 5.74) is 0.505. The van der Waals surface area contributed by atoms with Crippen molar-refractivity contribution in [3.63, 3.8) is 0 Å². The van der Waals surface area contributed by atoms with Crippen molar-refractivity contribution in [3.8, 4) is 0 Å². The van der Waals surface area contributed by atoms with Crippen LogP contribution in [0.4, 0.5) is 11.4 Å². The predicted molar refractivity (Wildman–Crippen MR) is 106 cm³/mol. The minimum Gasteiger partial charge on any atom is -0.346 e. The number of hydrogen-bond acceptors (Lipinski definition) is 5. The maximum atomic E-state index is 11.5. The lowest BCUT2D eigenvalue weighted by molar-refractivity contribution is -0.656. The molecule has 134 valence electrons. The molecule has 2 heterocycles. The molecule has 0 aromatic heterocycles. The third-order valence-corrected chi connectivity index (χ3v) is 6.44. The molecule has 0 fully saturated rings. The van der Waals surface area contributed by atoms with Crippen molar-refractivity contribution in [1.29, 1.82) is 0 Å². The van der Waals surface area contributed by atoms with Gasteiger partial charge in [0.15, 0.2) is 6.54 Å². The zero-order chi connectivity index (χ0) is 18.3. The van der Waals surface area contributed by atoms with E-state index in [0.717, 1.165) is 34.0 Å². The summed E-state index contributed by atoms with van der Waals surface area (Å²) < 4.78 is 3.02. The summed E-state index contributed by atoms with van der Waals surface area (Å²) in [4.78, 5) is 12.6. The van der Waals surface area contributed by atoms with E-state index < -0.39 is 10.6 Å². The largest absolute Gasteiger partial charge is 0.346 e. The molecule has 0 aliphatic carbocycles. The number of nitro benzene ring substituents is 1. The molecule has 0 bridgehead atoms. The fourth-order valence-electron chi connectivity index (χ4n) is 3.42. The third kappa shape index (κ3) is 2.91. The molecule has 0 saturated carbocycles. The van der Waals surface area contributed by atoms with E-state index in [1.807, 2.05) is 28.8 Å². The van der Waals surface area contributed by atoms with E-state index in [2.05, 4.69) is 20.8 Å². The Morgan fingerprint density at radius 2 is 1.88 bits per heavy atom. The molecule has 4 rings (SSSR count).